The molecule has 0 spiro atoms. The lowest BCUT2D eigenvalue weighted by atomic mass is 9.45. The smallest absolute Gasteiger partial charge is 0.312 e. The molecule has 0 aliphatic heterocycles. The van der Waals surface area contributed by atoms with Crippen molar-refractivity contribution in [2.45, 2.75) is 190 Å². The van der Waals surface area contributed by atoms with Crippen molar-refractivity contribution in [1.29, 1.82) is 0 Å². The molecular formula is C41H70O4. The molecule has 4 nitrogen and oxygen atoms in total. The maximum atomic E-state index is 12.9. The minimum absolute atomic E-state index is 0.00857. The predicted molar refractivity (Wildman–Crippen MR) is 184 cm³/mol. The van der Waals surface area contributed by atoms with E-state index >= 15 is 0 Å². The predicted octanol–water partition coefficient (Wildman–Crippen LogP) is 11.1. The van der Waals surface area contributed by atoms with Crippen LogP contribution in [-0.2, 0) is 19.1 Å². The Morgan fingerprint density at radius 2 is 0.889 bits per heavy atom. The summed E-state index contributed by atoms with van der Waals surface area (Å²) >= 11 is 0. The first-order valence-corrected chi connectivity index (χ1v) is 19.4. The normalized spacial score (nSPS) is 37.9. The zero-order chi connectivity index (χ0) is 33.1. The SMILES string of the molecule is CCC(C)(C)C(=O)OC(C)(C)C12CC3CC(CC(C3)C1)C2.CCCCC(C)(OC(=O)C(C)(C)CC)C12CC3CC(CC(C3)C1)C2. The molecule has 8 fully saturated rings. The molecule has 258 valence electrons. The number of carbonyl (C=O) groups excluding carboxylic acids is 2. The van der Waals surface area contributed by atoms with Crippen molar-refractivity contribution in [3.05, 3.63) is 0 Å². The van der Waals surface area contributed by atoms with E-state index in [1.165, 1.54) is 83.5 Å². The number of ether oxygens (including phenoxy) is 2. The molecule has 0 aromatic heterocycles. The molecule has 0 radical (unpaired) electrons. The van der Waals surface area contributed by atoms with Crippen LogP contribution in [0.2, 0.25) is 0 Å². The second-order valence-corrected chi connectivity index (χ2v) is 19.5. The molecule has 8 aliphatic carbocycles. The van der Waals surface area contributed by atoms with Crippen LogP contribution >= 0.6 is 0 Å². The van der Waals surface area contributed by atoms with E-state index in [0.29, 0.717) is 0 Å². The average molecular weight is 627 g/mol. The van der Waals surface area contributed by atoms with Gasteiger partial charge in [0.25, 0.3) is 0 Å². The number of carbonyl (C=O) groups is 2. The largest absolute Gasteiger partial charge is 0.459 e. The number of esters is 2. The molecular weight excluding hydrogens is 556 g/mol. The van der Waals surface area contributed by atoms with Crippen LogP contribution in [-0.4, -0.2) is 23.1 Å². The van der Waals surface area contributed by atoms with Crippen LogP contribution in [0.1, 0.15) is 178 Å². The quantitative estimate of drug-likeness (QED) is 0.214. The fraction of sp³-hybridized carbons (Fsp3) is 0.951. The van der Waals surface area contributed by atoms with Gasteiger partial charge in [0.15, 0.2) is 0 Å². The van der Waals surface area contributed by atoms with Crippen molar-refractivity contribution in [2.75, 3.05) is 0 Å². The van der Waals surface area contributed by atoms with E-state index in [9.17, 15) is 9.59 Å². The van der Waals surface area contributed by atoms with Gasteiger partial charge in [0.05, 0.1) is 10.8 Å². The fourth-order valence-corrected chi connectivity index (χ4v) is 11.7. The fourth-order valence-electron chi connectivity index (χ4n) is 11.7. The van der Waals surface area contributed by atoms with Crippen molar-refractivity contribution in [1.82, 2.24) is 0 Å². The summed E-state index contributed by atoms with van der Waals surface area (Å²) < 4.78 is 12.6. The first kappa shape index (κ1) is 35.3. The lowest BCUT2D eigenvalue weighted by Gasteiger charge is -2.62. The van der Waals surface area contributed by atoms with Crippen molar-refractivity contribution in [2.24, 2.45) is 57.2 Å². The highest BCUT2D eigenvalue weighted by Gasteiger charge is 2.61. The Labute approximate surface area is 277 Å². The molecule has 8 rings (SSSR count). The zero-order valence-electron chi connectivity index (χ0n) is 31.1. The molecule has 0 N–H and O–H groups in total. The van der Waals surface area contributed by atoms with Crippen molar-refractivity contribution < 1.29 is 19.1 Å². The van der Waals surface area contributed by atoms with Gasteiger partial charge >= 0.3 is 11.9 Å². The average Bonchev–Trinajstić information content (AvgIpc) is 2.94. The standard InChI is InChI=1S/C22H38O2.C19H32O2/c1-6-8-9-21(5,24-19(23)20(3,4)7-2)22-13-16-10-17(14-22)12-18(11-16)15-22;1-6-17(2,3)16(20)21-18(4,5)19-10-13-7-14(11-19)9-15(8-13)12-19/h16-18H,6-15H2,1-5H3;13-15H,6-12H2,1-5H3. The number of rotatable bonds is 11. The van der Waals surface area contributed by atoms with Gasteiger partial charge in [0.1, 0.15) is 11.2 Å². The molecule has 8 aliphatic rings. The van der Waals surface area contributed by atoms with Gasteiger partial charge in [-0.3, -0.25) is 9.59 Å². The van der Waals surface area contributed by atoms with Gasteiger partial charge in [0.2, 0.25) is 0 Å². The van der Waals surface area contributed by atoms with E-state index in [1.54, 1.807) is 0 Å². The Kier molecular flexibility index (Phi) is 9.74. The minimum atomic E-state index is -0.365. The van der Waals surface area contributed by atoms with Gasteiger partial charge < -0.3 is 9.47 Å². The molecule has 4 heteroatoms. The third kappa shape index (κ3) is 6.66. The van der Waals surface area contributed by atoms with Crippen molar-refractivity contribution >= 4 is 11.9 Å². The number of hydrogen-bond acceptors (Lipinski definition) is 4. The highest BCUT2D eigenvalue weighted by atomic mass is 16.6. The maximum Gasteiger partial charge on any atom is 0.312 e. The van der Waals surface area contributed by atoms with E-state index < -0.39 is 0 Å². The second kappa shape index (κ2) is 12.4. The van der Waals surface area contributed by atoms with Crippen LogP contribution < -0.4 is 0 Å². The summed E-state index contributed by atoms with van der Waals surface area (Å²) in [4.78, 5) is 25.5. The van der Waals surface area contributed by atoms with E-state index in [4.69, 9.17) is 9.47 Å². The van der Waals surface area contributed by atoms with Gasteiger partial charge in [-0.25, -0.2) is 0 Å². The van der Waals surface area contributed by atoms with Gasteiger partial charge in [-0.1, -0.05) is 27.2 Å². The summed E-state index contributed by atoms with van der Waals surface area (Å²) in [5.74, 6) is 5.40. The first-order valence-electron chi connectivity index (χ1n) is 19.4. The molecule has 0 saturated heterocycles. The number of hydrogen-bond donors (Lipinski definition) is 0. The minimum Gasteiger partial charge on any atom is -0.459 e. The van der Waals surface area contributed by atoms with Gasteiger partial charge in [-0.2, -0.15) is 0 Å². The van der Waals surface area contributed by atoms with Gasteiger partial charge in [-0.15, -0.1) is 0 Å². The highest BCUT2D eigenvalue weighted by Crippen LogP contribution is 2.66. The number of unbranched alkanes of at least 4 members (excludes halogenated alkanes) is 1. The first-order chi connectivity index (χ1) is 20.9. The van der Waals surface area contributed by atoms with Crippen LogP contribution in [0, 0.1) is 57.2 Å². The van der Waals surface area contributed by atoms with Crippen molar-refractivity contribution in [3.63, 3.8) is 0 Å². The summed E-state index contributed by atoms with van der Waals surface area (Å²) in [6, 6.07) is 0. The third-order valence-electron chi connectivity index (χ3n) is 15.0. The van der Waals surface area contributed by atoms with Crippen LogP contribution in [0.15, 0.2) is 0 Å². The van der Waals surface area contributed by atoms with Gasteiger partial charge in [-0.05, 0) is 187 Å². The molecule has 45 heavy (non-hydrogen) atoms. The molecule has 0 heterocycles. The lowest BCUT2D eigenvalue weighted by molar-refractivity contribution is -0.213. The molecule has 8 bridgehead atoms. The summed E-state index contributed by atoms with van der Waals surface area (Å²) in [5.41, 5.74) is -0.790. The second-order valence-electron chi connectivity index (χ2n) is 19.5. The summed E-state index contributed by atoms with van der Waals surface area (Å²) in [6.45, 7) is 21.2. The molecule has 0 aromatic carbocycles. The topological polar surface area (TPSA) is 52.6 Å². The maximum absolute atomic E-state index is 12.9. The Morgan fingerprint density at radius 1 is 0.556 bits per heavy atom. The molecule has 1 atom stereocenters. The van der Waals surface area contributed by atoms with E-state index in [-0.39, 0.29) is 44.8 Å². The molecule has 0 amide bonds. The van der Waals surface area contributed by atoms with Crippen molar-refractivity contribution in [3.8, 4) is 0 Å². The van der Waals surface area contributed by atoms with Crippen LogP contribution in [0.5, 0.6) is 0 Å². The highest BCUT2D eigenvalue weighted by molar-refractivity contribution is 5.76. The lowest BCUT2D eigenvalue weighted by Crippen LogP contribution is -2.59. The van der Waals surface area contributed by atoms with Crippen LogP contribution in [0.3, 0.4) is 0 Å². The molecule has 0 aromatic rings. The molecule has 1 unspecified atom stereocenters. The Morgan fingerprint density at radius 3 is 1.22 bits per heavy atom. The monoisotopic (exact) mass is 627 g/mol. The van der Waals surface area contributed by atoms with Gasteiger partial charge in [0, 0.05) is 10.8 Å². The van der Waals surface area contributed by atoms with E-state index in [1.807, 2.05) is 27.7 Å². The Hall–Kier alpha value is -1.06. The summed E-state index contributed by atoms with van der Waals surface area (Å²) in [6.07, 6.45) is 21.5. The molecule has 8 saturated carbocycles. The van der Waals surface area contributed by atoms with E-state index in [0.717, 1.165) is 61.2 Å². The van der Waals surface area contributed by atoms with E-state index in [2.05, 4.69) is 41.5 Å². The summed E-state index contributed by atoms with van der Waals surface area (Å²) in [5, 5.41) is 0. The zero-order valence-corrected chi connectivity index (χ0v) is 31.1. The summed E-state index contributed by atoms with van der Waals surface area (Å²) in [7, 11) is 0. The Balaban J connectivity index is 0.000000179. The Bertz CT molecular complexity index is 1010. The van der Waals surface area contributed by atoms with Crippen LogP contribution in [0.25, 0.3) is 0 Å². The third-order valence-corrected chi connectivity index (χ3v) is 15.0. The van der Waals surface area contributed by atoms with Crippen LogP contribution in [0.4, 0.5) is 0 Å².